The summed E-state index contributed by atoms with van der Waals surface area (Å²) in [6.07, 6.45) is 55.6. The van der Waals surface area contributed by atoms with Gasteiger partial charge in [-0.15, -0.1) is 0 Å². The number of phosphoric acid groups is 1. The van der Waals surface area contributed by atoms with Gasteiger partial charge in [-0.25, -0.2) is 4.57 Å². The Labute approximate surface area is 413 Å². The van der Waals surface area contributed by atoms with Gasteiger partial charge in [0.15, 0.2) is 6.10 Å². The summed E-state index contributed by atoms with van der Waals surface area (Å²) in [4.78, 5) is 48.3. The van der Waals surface area contributed by atoms with E-state index in [4.69, 9.17) is 23.3 Å². The van der Waals surface area contributed by atoms with Crippen molar-refractivity contribution in [2.24, 2.45) is 0 Å². The molecule has 0 aliphatic rings. The molecule has 3 atom stereocenters. The first kappa shape index (κ1) is 64.7. The third-order valence-electron chi connectivity index (χ3n) is 10.8. The minimum Gasteiger partial charge on any atom is -0.462 e. The predicted molar refractivity (Wildman–Crippen MR) is 279 cm³/mol. The average Bonchev–Trinajstić information content (AvgIpc) is 3.32. The molecule has 0 saturated heterocycles. The number of carbonyl (C=O) groups is 3. The van der Waals surface area contributed by atoms with Crippen LogP contribution in [0, 0.1) is 0 Å². The van der Waals surface area contributed by atoms with Crippen LogP contribution in [0.4, 0.5) is 0 Å². The molecule has 0 radical (unpaired) electrons. The highest BCUT2D eigenvalue weighted by atomic mass is 31.2. The van der Waals surface area contributed by atoms with Gasteiger partial charge < -0.3 is 24.2 Å². The normalized spacial score (nSPS) is 14.1. The van der Waals surface area contributed by atoms with E-state index in [2.05, 4.69) is 106 Å². The van der Waals surface area contributed by atoms with Gasteiger partial charge in [0.1, 0.15) is 12.7 Å². The number of phosphoric ester groups is 1. The Kier molecular flexibility index (Phi) is 47.6. The molecule has 0 bridgehead atoms. The van der Waals surface area contributed by atoms with Crippen LogP contribution in [-0.4, -0.2) is 66.5 Å². The lowest BCUT2D eigenvalue weighted by Crippen LogP contribution is -2.30. The number of hydrogen-bond acceptors (Lipinski definition) is 10. The second-order valence-electron chi connectivity index (χ2n) is 17.3. The number of unbranched alkanes of at least 4 members (excludes halogenated alkanes) is 17. The van der Waals surface area contributed by atoms with E-state index in [1.165, 1.54) is 32.1 Å². The Morgan fingerprint density at radius 3 is 1.18 bits per heavy atom. The number of rotatable bonds is 48. The van der Waals surface area contributed by atoms with E-state index in [1.807, 2.05) is 0 Å². The molecule has 0 aliphatic carbocycles. The summed E-state index contributed by atoms with van der Waals surface area (Å²) in [5.41, 5.74) is 0. The van der Waals surface area contributed by atoms with E-state index in [0.717, 1.165) is 122 Å². The van der Waals surface area contributed by atoms with Crippen LogP contribution in [0.25, 0.3) is 0 Å². The number of aliphatic hydroxyl groups is 1. The molecule has 11 nitrogen and oxygen atoms in total. The molecule has 0 heterocycles. The van der Waals surface area contributed by atoms with Crippen LogP contribution in [0.15, 0.2) is 85.1 Å². The molecule has 0 aromatic rings. The number of esters is 3. The molecule has 390 valence electrons. The fraction of sp³-hybridized carbons (Fsp3) is 0.696. The zero-order chi connectivity index (χ0) is 49.9. The zero-order valence-corrected chi connectivity index (χ0v) is 43.7. The smallest absolute Gasteiger partial charge is 0.462 e. The minimum atomic E-state index is -4.75. The summed E-state index contributed by atoms with van der Waals surface area (Å²) in [6.45, 7) is 4.33. The molecule has 0 amide bonds. The van der Waals surface area contributed by atoms with Gasteiger partial charge >= 0.3 is 25.7 Å². The maximum atomic E-state index is 12.8. The number of allylic oxidation sites excluding steroid dienone is 14. The molecule has 2 N–H and O–H groups in total. The van der Waals surface area contributed by atoms with Crippen LogP contribution in [0.3, 0.4) is 0 Å². The highest BCUT2D eigenvalue weighted by Crippen LogP contribution is 2.43. The Bertz CT molecular complexity index is 1460. The second-order valence-corrected chi connectivity index (χ2v) is 18.7. The standard InChI is InChI=1S/C56H95O11P/c1-4-7-10-13-16-19-21-23-25-26-28-29-31-34-36-39-42-45-54(58)63-49-53(67-56(60)47-44-41-38-35-32-30-27-24-22-20-17-14-11-8-5-2)51-65-68(61,62)64-50-52(48-57)66-55(59)46-43-40-37-33-18-15-12-9-6-3/h7-8,10-11,16-17,19-20,23-25,27-29,52-53,57H,4-6,9,12-15,18,21-22,26,30-51H2,1-3H3,(H,61,62)/b10-7-,11-8-,19-16-,20-17-,25-23-,27-24-,29-28-. The first-order valence-corrected chi connectivity index (χ1v) is 28.0. The molecule has 0 fully saturated rings. The maximum Gasteiger partial charge on any atom is 0.472 e. The Balaban J connectivity index is 4.81. The van der Waals surface area contributed by atoms with E-state index in [-0.39, 0.29) is 25.9 Å². The van der Waals surface area contributed by atoms with E-state index >= 15 is 0 Å². The van der Waals surface area contributed by atoms with Gasteiger partial charge in [-0.05, 0) is 89.9 Å². The number of ether oxygens (including phenoxy) is 3. The monoisotopic (exact) mass is 975 g/mol. The first-order valence-electron chi connectivity index (χ1n) is 26.5. The molecule has 0 saturated carbocycles. The molecule has 0 aromatic carbocycles. The summed E-state index contributed by atoms with van der Waals surface area (Å²) in [7, 11) is -4.75. The van der Waals surface area contributed by atoms with Gasteiger partial charge in [0.25, 0.3) is 0 Å². The van der Waals surface area contributed by atoms with Crippen LogP contribution in [0.2, 0.25) is 0 Å². The van der Waals surface area contributed by atoms with Crippen LogP contribution in [-0.2, 0) is 42.2 Å². The van der Waals surface area contributed by atoms with Crippen molar-refractivity contribution in [2.45, 2.75) is 226 Å². The van der Waals surface area contributed by atoms with E-state index in [1.54, 1.807) is 0 Å². The van der Waals surface area contributed by atoms with Crippen molar-refractivity contribution in [3.05, 3.63) is 85.1 Å². The van der Waals surface area contributed by atoms with Gasteiger partial charge in [0.05, 0.1) is 19.8 Å². The summed E-state index contributed by atoms with van der Waals surface area (Å²) in [5.74, 6) is -1.52. The van der Waals surface area contributed by atoms with Crippen molar-refractivity contribution >= 4 is 25.7 Å². The molecular weight excluding hydrogens is 880 g/mol. The van der Waals surface area contributed by atoms with E-state index in [0.29, 0.717) is 19.3 Å². The molecular formula is C56H95O11P. The summed E-state index contributed by atoms with van der Waals surface area (Å²) in [6, 6.07) is 0. The second kappa shape index (κ2) is 50.1. The maximum absolute atomic E-state index is 12.8. The Hall–Kier alpha value is -3.34. The number of hydrogen-bond donors (Lipinski definition) is 2. The average molecular weight is 975 g/mol. The quantitative estimate of drug-likeness (QED) is 0.0197. The van der Waals surface area contributed by atoms with Crippen molar-refractivity contribution in [3.63, 3.8) is 0 Å². The van der Waals surface area contributed by atoms with Crippen molar-refractivity contribution in [3.8, 4) is 0 Å². The van der Waals surface area contributed by atoms with Crippen molar-refractivity contribution in [1.29, 1.82) is 0 Å². The predicted octanol–water partition coefficient (Wildman–Crippen LogP) is 15.1. The molecule has 12 heteroatoms. The lowest BCUT2D eigenvalue weighted by atomic mass is 10.1. The largest absolute Gasteiger partial charge is 0.472 e. The van der Waals surface area contributed by atoms with Crippen molar-refractivity contribution in [1.82, 2.24) is 0 Å². The molecule has 68 heavy (non-hydrogen) atoms. The SMILES string of the molecule is CC/C=C\C/C=C\C/C=C\C/C=C\CCCCCCC(=O)OCC(COP(=O)(O)OCC(CO)OC(=O)CCCCCCCCCCC)OC(=O)CCCCCCC/C=C\C/C=C\C/C=C\CC. The van der Waals surface area contributed by atoms with Gasteiger partial charge in [-0.2, -0.15) is 0 Å². The fourth-order valence-corrected chi connectivity index (χ4v) is 7.61. The van der Waals surface area contributed by atoms with Crippen LogP contribution in [0.5, 0.6) is 0 Å². The zero-order valence-electron chi connectivity index (χ0n) is 42.8. The lowest BCUT2D eigenvalue weighted by Gasteiger charge is -2.21. The number of aliphatic hydroxyl groups excluding tert-OH is 1. The molecule has 0 rings (SSSR count). The van der Waals surface area contributed by atoms with Gasteiger partial charge in [0, 0.05) is 19.3 Å². The highest BCUT2D eigenvalue weighted by molar-refractivity contribution is 7.47. The van der Waals surface area contributed by atoms with Crippen LogP contribution in [0.1, 0.15) is 213 Å². The van der Waals surface area contributed by atoms with Crippen molar-refractivity contribution < 1.29 is 52.2 Å². The Morgan fingerprint density at radius 2 is 0.765 bits per heavy atom. The fourth-order valence-electron chi connectivity index (χ4n) is 6.83. The highest BCUT2D eigenvalue weighted by Gasteiger charge is 2.28. The molecule has 0 aromatic heterocycles. The topological polar surface area (TPSA) is 155 Å². The van der Waals surface area contributed by atoms with Crippen molar-refractivity contribution in [2.75, 3.05) is 26.4 Å². The third-order valence-corrected chi connectivity index (χ3v) is 11.8. The van der Waals surface area contributed by atoms with Gasteiger partial charge in [-0.1, -0.05) is 189 Å². The van der Waals surface area contributed by atoms with E-state index < -0.39 is 57.8 Å². The van der Waals surface area contributed by atoms with Gasteiger partial charge in [0.2, 0.25) is 0 Å². The molecule has 3 unspecified atom stereocenters. The summed E-state index contributed by atoms with van der Waals surface area (Å²) < 4.78 is 39.3. The Morgan fingerprint density at radius 1 is 0.426 bits per heavy atom. The minimum absolute atomic E-state index is 0.140. The van der Waals surface area contributed by atoms with E-state index in [9.17, 15) is 28.9 Å². The molecule has 0 aliphatic heterocycles. The van der Waals surface area contributed by atoms with Crippen LogP contribution < -0.4 is 0 Å². The lowest BCUT2D eigenvalue weighted by molar-refractivity contribution is -0.161. The molecule has 0 spiro atoms. The van der Waals surface area contributed by atoms with Gasteiger partial charge in [-0.3, -0.25) is 23.4 Å². The summed E-state index contributed by atoms with van der Waals surface area (Å²) in [5, 5.41) is 9.75. The van der Waals surface area contributed by atoms with Crippen LogP contribution >= 0.6 is 7.82 Å². The first-order chi connectivity index (χ1) is 33.2. The summed E-state index contributed by atoms with van der Waals surface area (Å²) >= 11 is 0. The third kappa shape index (κ3) is 47.7. The number of carbonyl (C=O) groups excluding carboxylic acids is 3.